The number of hydrogen-bond donors (Lipinski definition) is 0. The van der Waals surface area contributed by atoms with E-state index in [0.29, 0.717) is 6.29 Å². The molecule has 2 unspecified atom stereocenters. The summed E-state index contributed by atoms with van der Waals surface area (Å²) in [5.74, 6) is 0. The first-order valence-corrected chi connectivity index (χ1v) is 4.77. The van der Waals surface area contributed by atoms with Crippen molar-refractivity contribution in [2.24, 2.45) is 0 Å². The average molecular weight is 150 g/mol. The maximum absolute atomic E-state index is 11.1. The van der Waals surface area contributed by atoms with Crippen molar-refractivity contribution in [3.8, 4) is 0 Å². The van der Waals surface area contributed by atoms with Crippen LogP contribution in [0.4, 0.5) is 0 Å². The lowest BCUT2D eigenvalue weighted by molar-refractivity contribution is -0.107. The van der Waals surface area contributed by atoms with Gasteiger partial charge in [0.15, 0.2) is 0 Å². The number of carbonyl (C=O) groups is 1. The molecule has 0 amide bonds. The molecule has 54 valence electrons. The fourth-order valence-electron chi connectivity index (χ4n) is 0.277. The van der Waals surface area contributed by atoms with Crippen molar-refractivity contribution in [3.63, 3.8) is 0 Å². The molecule has 0 aromatic rings. The van der Waals surface area contributed by atoms with Gasteiger partial charge >= 0.3 is 0 Å². The van der Waals surface area contributed by atoms with Gasteiger partial charge in [0.1, 0.15) is 6.29 Å². The van der Waals surface area contributed by atoms with Crippen molar-refractivity contribution in [1.29, 1.82) is 0 Å². The van der Waals surface area contributed by atoms with Gasteiger partial charge in [-0.25, -0.2) is 0 Å². The Morgan fingerprint density at radius 1 is 1.67 bits per heavy atom. The van der Waals surface area contributed by atoms with E-state index in [4.69, 9.17) is 0 Å². The molecule has 0 fully saturated rings. The van der Waals surface area contributed by atoms with Crippen molar-refractivity contribution in [3.05, 3.63) is 0 Å². The van der Waals surface area contributed by atoms with Crippen LogP contribution in [0.3, 0.4) is 0 Å². The monoisotopic (exact) mass is 150 g/mol. The highest BCUT2D eigenvalue weighted by Gasteiger charge is 2.22. The molecule has 2 atom stereocenters. The van der Waals surface area contributed by atoms with Crippen LogP contribution in [0.2, 0.25) is 0 Å². The van der Waals surface area contributed by atoms with E-state index in [-0.39, 0.29) is 0 Å². The summed E-state index contributed by atoms with van der Waals surface area (Å²) in [6.07, 6.45) is 0.643. The van der Waals surface area contributed by atoms with E-state index in [2.05, 4.69) is 4.52 Å². The number of carbonyl (C=O) groups excluding carboxylic acids is 1. The third kappa shape index (κ3) is 2.29. The predicted octanol–water partition coefficient (Wildman–Crippen LogP) is 1.13. The minimum absolute atomic E-state index is 0.484. The average Bonchev–Trinajstić information content (AvgIpc) is 1.86. The second-order valence-corrected chi connectivity index (χ2v) is 4.97. The summed E-state index contributed by atoms with van der Waals surface area (Å²) in [7, 11) is -1.28. The Bertz CT molecular complexity index is 143. The van der Waals surface area contributed by atoms with Gasteiger partial charge in [0.2, 0.25) is 7.37 Å². The molecule has 0 aliphatic heterocycles. The Kier molecular flexibility index (Phi) is 3.09. The largest absolute Gasteiger partial charge is 0.332 e. The highest BCUT2D eigenvalue weighted by molar-refractivity contribution is 7.59. The highest BCUT2D eigenvalue weighted by atomic mass is 31.2. The van der Waals surface area contributed by atoms with Crippen LogP contribution in [-0.4, -0.2) is 25.7 Å². The highest BCUT2D eigenvalue weighted by Crippen LogP contribution is 2.45. The molecule has 0 heterocycles. The maximum atomic E-state index is 11.1. The van der Waals surface area contributed by atoms with Crippen molar-refractivity contribution in [2.45, 2.75) is 12.6 Å². The van der Waals surface area contributed by atoms with E-state index in [1.54, 1.807) is 6.92 Å². The molecule has 0 aliphatic carbocycles. The zero-order chi connectivity index (χ0) is 7.49. The molecule has 0 N–H and O–H groups in total. The Hall–Kier alpha value is -0.140. The summed E-state index contributed by atoms with van der Waals surface area (Å²) in [5.41, 5.74) is -0.484. The first-order valence-electron chi connectivity index (χ1n) is 2.63. The lowest BCUT2D eigenvalue weighted by Gasteiger charge is -2.11. The standard InChI is InChI=1S/C5H11O3P/c1-5(4-6)9(3,7)8-2/h4-5H,1-3H3. The van der Waals surface area contributed by atoms with Crippen LogP contribution in [0.25, 0.3) is 0 Å². The Morgan fingerprint density at radius 2 is 2.11 bits per heavy atom. The van der Waals surface area contributed by atoms with Crippen LogP contribution in [-0.2, 0) is 13.9 Å². The lowest BCUT2D eigenvalue weighted by atomic mass is 10.5. The molecule has 0 saturated heterocycles. The van der Waals surface area contributed by atoms with Crippen LogP contribution >= 0.6 is 7.37 Å². The first kappa shape index (κ1) is 8.86. The quantitative estimate of drug-likeness (QED) is 0.447. The van der Waals surface area contributed by atoms with E-state index < -0.39 is 13.0 Å². The van der Waals surface area contributed by atoms with Gasteiger partial charge in [-0.1, -0.05) is 0 Å². The van der Waals surface area contributed by atoms with Gasteiger partial charge in [-0.2, -0.15) is 0 Å². The van der Waals surface area contributed by atoms with Gasteiger partial charge in [0.25, 0.3) is 0 Å². The maximum Gasteiger partial charge on any atom is 0.209 e. The van der Waals surface area contributed by atoms with Crippen molar-refractivity contribution >= 4 is 13.7 Å². The number of aldehydes is 1. The van der Waals surface area contributed by atoms with Crippen LogP contribution in [0, 0.1) is 0 Å². The molecule has 0 aromatic heterocycles. The first-order chi connectivity index (χ1) is 4.04. The molecule has 0 bridgehead atoms. The van der Waals surface area contributed by atoms with Crippen LogP contribution in [0.5, 0.6) is 0 Å². The fourth-order valence-corrected chi connectivity index (χ4v) is 0.830. The zero-order valence-corrected chi connectivity index (χ0v) is 6.72. The third-order valence-electron chi connectivity index (χ3n) is 1.30. The molecular weight excluding hydrogens is 139 g/mol. The molecule has 0 spiro atoms. The van der Waals surface area contributed by atoms with Gasteiger partial charge in [0.05, 0.1) is 5.66 Å². The fraction of sp³-hybridized carbons (Fsp3) is 0.800. The minimum atomic E-state index is -2.63. The van der Waals surface area contributed by atoms with Gasteiger partial charge in [-0.05, 0) is 6.92 Å². The predicted molar refractivity (Wildman–Crippen MR) is 36.1 cm³/mol. The van der Waals surface area contributed by atoms with E-state index in [0.717, 1.165) is 0 Å². The second-order valence-electron chi connectivity index (χ2n) is 1.97. The summed E-state index contributed by atoms with van der Waals surface area (Å²) in [4.78, 5) is 10.1. The summed E-state index contributed by atoms with van der Waals surface area (Å²) >= 11 is 0. The van der Waals surface area contributed by atoms with E-state index in [9.17, 15) is 9.36 Å². The van der Waals surface area contributed by atoms with E-state index in [1.807, 2.05) is 0 Å². The van der Waals surface area contributed by atoms with Crippen LogP contribution in [0.15, 0.2) is 0 Å². The molecule has 0 aromatic carbocycles. The van der Waals surface area contributed by atoms with Gasteiger partial charge in [-0.3, -0.25) is 4.57 Å². The molecule has 9 heavy (non-hydrogen) atoms. The Morgan fingerprint density at radius 3 is 2.22 bits per heavy atom. The van der Waals surface area contributed by atoms with Gasteiger partial charge in [0, 0.05) is 13.8 Å². The molecule has 0 rings (SSSR count). The zero-order valence-electron chi connectivity index (χ0n) is 5.83. The summed E-state index contributed by atoms with van der Waals surface area (Å²) < 4.78 is 15.7. The smallest absolute Gasteiger partial charge is 0.209 e. The van der Waals surface area contributed by atoms with Gasteiger partial charge in [-0.15, -0.1) is 0 Å². The molecule has 4 heteroatoms. The summed E-state index contributed by atoms with van der Waals surface area (Å²) in [6, 6.07) is 0. The van der Waals surface area contributed by atoms with E-state index in [1.165, 1.54) is 13.8 Å². The normalized spacial score (nSPS) is 20.3. The molecule has 0 radical (unpaired) electrons. The third-order valence-corrected chi connectivity index (χ3v) is 3.63. The molecule has 0 aliphatic rings. The van der Waals surface area contributed by atoms with Crippen LogP contribution < -0.4 is 0 Å². The SMILES string of the molecule is COP(C)(=O)C(C)C=O. The van der Waals surface area contributed by atoms with Crippen molar-refractivity contribution in [2.75, 3.05) is 13.8 Å². The van der Waals surface area contributed by atoms with E-state index >= 15 is 0 Å². The summed E-state index contributed by atoms with van der Waals surface area (Å²) in [5, 5.41) is 0. The summed E-state index contributed by atoms with van der Waals surface area (Å²) in [6.45, 7) is 3.03. The Balaban J connectivity index is 4.14. The number of hydrogen-bond acceptors (Lipinski definition) is 3. The molecule has 0 saturated carbocycles. The topological polar surface area (TPSA) is 43.4 Å². The Labute approximate surface area is 54.9 Å². The number of rotatable bonds is 3. The molecule has 3 nitrogen and oxygen atoms in total. The molecular formula is C5H11O3P. The van der Waals surface area contributed by atoms with Gasteiger partial charge < -0.3 is 9.32 Å². The second kappa shape index (κ2) is 3.14. The minimum Gasteiger partial charge on any atom is -0.332 e. The van der Waals surface area contributed by atoms with Crippen molar-refractivity contribution in [1.82, 2.24) is 0 Å². The van der Waals surface area contributed by atoms with Crippen LogP contribution in [0.1, 0.15) is 6.92 Å². The lowest BCUT2D eigenvalue weighted by Crippen LogP contribution is -2.04. The van der Waals surface area contributed by atoms with Crippen molar-refractivity contribution < 1.29 is 13.9 Å².